The number of carboxylic acids is 1. The number of aromatic nitrogens is 1. The number of aliphatic hydroxyl groups excluding tert-OH is 2. The van der Waals surface area contributed by atoms with Crippen LogP contribution in [0.4, 0.5) is 0 Å². The zero-order valence-electron chi connectivity index (χ0n) is 14.2. The maximum Gasteiger partial charge on any atom is 0.419 e. The van der Waals surface area contributed by atoms with E-state index in [4.69, 9.17) is 26.2 Å². The highest BCUT2D eigenvalue weighted by Crippen LogP contribution is 2.22. The summed E-state index contributed by atoms with van der Waals surface area (Å²) in [5.41, 5.74) is 4.79. The molecular formula is C16H23ClN2O6. The van der Waals surface area contributed by atoms with Gasteiger partial charge in [-0.05, 0) is 24.6 Å². The highest BCUT2D eigenvalue weighted by Gasteiger charge is 2.23. The molecule has 8 nitrogen and oxygen atoms in total. The highest BCUT2D eigenvalue weighted by atomic mass is 35.5. The predicted molar refractivity (Wildman–Crippen MR) is 89.9 cm³/mol. The molecule has 2 aromatic rings. The molecule has 2 rings (SSSR count). The van der Waals surface area contributed by atoms with Gasteiger partial charge in [0.2, 0.25) is 0 Å². The zero-order chi connectivity index (χ0) is 19.2. The SMILES string of the molecule is CCC([NH3+])(CO)CO.Cc1cc2oc(=O)n(CCC(=O)[O-])c2cc1Cl. The van der Waals surface area contributed by atoms with E-state index in [2.05, 4.69) is 5.73 Å². The van der Waals surface area contributed by atoms with Crippen LogP contribution in [0.1, 0.15) is 25.3 Å². The van der Waals surface area contributed by atoms with Crippen molar-refractivity contribution in [1.29, 1.82) is 0 Å². The molecule has 0 unspecified atom stereocenters. The van der Waals surface area contributed by atoms with Crippen LogP contribution < -0.4 is 16.6 Å². The summed E-state index contributed by atoms with van der Waals surface area (Å²) in [4.78, 5) is 21.9. The van der Waals surface area contributed by atoms with Gasteiger partial charge in [0.05, 0.1) is 5.52 Å². The van der Waals surface area contributed by atoms with Crippen LogP contribution >= 0.6 is 11.6 Å². The standard InChI is InChI=1S/C11H10ClNO4.C5H13NO2/c1-6-4-9-8(5-7(6)12)13(11(16)17-9)3-2-10(14)15;1-2-5(6,3-7)4-8/h4-5H,2-3H2,1H3,(H,14,15);7-8H,2-4,6H2,1H3. The number of carboxylic acid groups (broad SMARTS) is 1. The maximum atomic E-state index is 11.5. The molecule has 0 saturated heterocycles. The van der Waals surface area contributed by atoms with Crippen molar-refractivity contribution >= 4 is 28.7 Å². The number of nitrogens with zero attached hydrogens (tertiary/aromatic N) is 1. The molecule has 0 amide bonds. The lowest BCUT2D eigenvalue weighted by Crippen LogP contribution is -2.76. The summed E-state index contributed by atoms with van der Waals surface area (Å²) in [7, 11) is 0. The normalized spacial score (nSPS) is 11.3. The third kappa shape index (κ3) is 5.57. The van der Waals surface area contributed by atoms with Crippen molar-refractivity contribution in [1.82, 2.24) is 4.57 Å². The van der Waals surface area contributed by atoms with Crippen molar-refractivity contribution in [2.45, 2.75) is 38.8 Å². The lowest BCUT2D eigenvalue weighted by atomic mass is 10.0. The van der Waals surface area contributed by atoms with Gasteiger partial charge in [-0.25, -0.2) is 4.79 Å². The molecule has 1 aromatic carbocycles. The number of benzene rings is 1. The minimum atomic E-state index is -1.22. The molecule has 0 aliphatic heterocycles. The average Bonchev–Trinajstić information content (AvgIpc) is 2.87. The number of aliphatic hydroxyl groups is 2. The molecule has 0 spiro atoms. The highest BCUT2D eigenvalue weighted by molar-refractivity contribution is 6.32. The fourth-order valence-electron chi connectivity index (χ4n) is 1.87. The Morgan fingerprint density at radius 1 is 1.40 bits per heavy atom. The summed E-state index contributed by atoms with van der Waals surface area (Å²) in [5, 5.41) is 28.0. The van der Waals surface area contributed by atoms with E-state index < -0.39 is 17.3 Å². The van der Waals surface area contributed by atoms with Crippen molar-refractivity contribution in [3.63, 3.8) is 0 Å². The molecule has 1 heterocycles. The number of fused-ring (bicyclic) bond motifs is 1. The second-order valence-electron chi connectivity index (χ2n) is 5.88. The van der Waals surface area contributed by atoms with Crippen LogP contribution in [0.3, 0.4) is 0 Å². The van der Waals surface area contributed by atoms with E-state index in [0.717, 1.165) is 5.56 Å². The third-order valence-corrected chi connectivity index (χ3v) is 4.32. The Morgan fingerprint density at radius 3 is 2.44 bits per heavy atom. The molecule has 0 atom stereocenters. The lowest BCUT2D eigenvalue weighted by Gasteiger charge is -2.17. The van der Waals surface area contributed by atoms with Crippen LogP contribution in [0.2, 0.25) is 5.02 Å². The number of aliphatic carboxylic acids is 1. The first-order valence-electron chi connectivity index (χ1n) is 7.74. The molecule has 0 aliphatic rings. The molecule has 0 aliphatic carbocycles. The van der Waals surface area contributed by atoms with Crippen LogP contribution in [-0.2, 0) is 11.3 Å². The van der Waals surface area contributed by atoms with Gasteiger partial charge in [-0.15, -0.1) is 0 Å². The summed E-state index contributed by atoms with van der Waals surface area (Å²) in [5.74, 6) is -1.81. The first-order valence-corrected chi connectivity index (χ1v) is 8.11. The van der Waals surface area contributed by atoms with E-state index in [1.807, 2.05) is 6.92 Å². The Balaban J connectivity index is 0.000000333. The predicted octanol–water partition coefficient (Wildman–Crippen LogP) is -0.942. The number of carbonyl (C=O) groups excluding carboxylic acids is 1. The number of carbonyl (C=O) groups is 1. The first kappa shape index (κ1) is 21.2. The Kier molecular flexibility index (Phi) is 7.62. The fourth-order valence-corrected chi connectivity index (χ4v) is 2.03. The van der Waals surface area contributed by atoms with E-state index in [9.17, 15) is 14.7 Å². The smallest absolute Gasteiger partial charge is 0.419 e. The number of hydrogen-bond acceptors (Lipinski definition) is 6. The number of aryl methyl sites for hydroxylation is 2. The van der Waals surface area contributed by atoms with Gasteiger partial charge in [-0.3, -0.25) is 4.57 Å². The minimum Gasteiger partial charge on any atom is -0.550 e. The first-order chi connectivity index (χ1) is 11.7. The number of oxazole rings is 1. The Morgan fingerprint density at radius 2 is 2.00 bits per heavy atom. The van der Waals surface area contributed by atoms with Gasteiger partial charge in [-0.1, -0.05) is 18.5 Å². The molecule has 140 valence electrons. The van der Waals surface area contributed by atoms with Crippen molar-refractivity contribution < 1.29 is 30.3 Å². The number of hydrogen-bond donors (Lipinski definition) is 3. The van der Waals surface area contributed by atoms with Crippen molar-refractivity contribution in [2.75, 3.05) is 13.2 Å². The molecule has 9 heteroatoms. The Bertz CT molecular complexity index is 770. The molecule has 0 saturated carbocycles. The second kappa shape index (κ2) is 9.00. The molecule has 5 N–H and O–H groups in total. The summed E-state index contributed by atoms with van der Waals surface area (Å²) in [6.07, 6.45) is 0.458. The summed E-state index contributed by atoms with van der Waals surface area (Å²) >= 11 is 5.95. The van der Waals surface area contributed by atoms with Crippen LogP contribution in [0.15, 0.2) is 21.3 Å². The zero-order valence-corrected chi connectivity index (χ0v) is 15.0. The maximum absolute atomic E-state index is 11.5. The van der Waals surface area contributed by atoms with Gasteiger partial charge in [0.25, 0.3) is 0 Å². The van der Waals surface area contributed by atoms with E-state index in [1.54, 1.807) is 19.1 Å². The van der Waals surface area contributed by atoms with Gasteiger partial charge >= 0.3 is 5.76 Å². The quantitative estimate of drug-likeness (QED) is 0.595. The van der Waals surface area contributed by atoms with Crippen LogP contribution in [-0.4, -0.2) is 39.5 Å². The molecular weight excluding hydrogens is 352 g/mol. The topological polar surface area (TPSA) is 143 Å². The summed E-state index contributed by atoms with van der Waals surface area (Å²) in [6, 6.07) is 3.24. The largest absolute Gasteiger partial charge is 0.550 e. The van der Waals surface area contributed by atoms with Gasteiger partial charge in [0.1, 0.15) is 18.8 Å². The van der Waals surface area contributed by atoms with Gasteiger partial charge < -0.3 is 30.3 Å². The molecule has 0 radical (unpaired) electrons. The number of halogens is 1. The molecule has 0 bridgehead atoms. The molecule has 0 fully saturated rings. The van der Waals surface area contributed by atoms with E-state index in [0.29, 0.717) is 22.5 Å². The van der Waals surface area contributed by atoms with Gasteiger partial charge in [0, 0.05) is 30.4 Å². The fraction of sp³-hybridized carbons (Fsp3) is 0.500. The average molecular weight is 375 g/mol. The second-order valence-corrected chi connectivity index (χ2v) is 6.29. The van der Waals surface area contributed by atoms with Crippen molar-refractivity contribution in [3.05, 3.63) is 33.3 Å². The van der Waals surface area contributed by atoms with E-state index >= 15 is 0 Å². The monoisotopic (exact) mass is 374 g/mol. The van der Waals surface area contributed by atoms with Gasteiger partial charge in [0.15, 0.2) is 5.58 Å². The minimum absolute atomic E-state index is 0.00750. The summed E-state index contributed by atoms with van der Waals surface area (Å²) in [6.45, 7) is 3.60. The number of rotatable bonds is 6. The van der Waals surface area contributed by atoms with Crippen LogP contribution in [0.25, 0.3) is 11.1 Å². The van der Waals surface area contributed by atoms with Crippen molar-refractivity contribution in [3.8, 4) is 0 Å². The number of quaternary nitrogens is 1. The van der Waals surface area contributed by atoms with Crippen LogP contribution in [0.5, 0.6) is 0 Å². The Labute approximate surface area is 149 Å². The van der Waals surface area contributed by atoms with Crippen molar-refractivity contribution in [2.24, 2.45) is 0 Å². The van der Waals surface area contributed by atoms with E-state index in [-0.39, 0.29) is 26.2 Å². The van der Waals surface area contributed by atoms with E-state index in [1.165, 1.54) is 4.57 Å². The Hall–Kier alpha value is -1.87. The van der Waals surface area contributed by atoms with Crippen LogP contribution in [0, 0.1) is 6.92 Å². The summed E-state index contributed by atoms with van der Waals surface area (Å²) < 4.78 is 6.24. The van der Waals surface area contributed by atoms with Gasteiger partial charge in [-0.2, -0.15) is 0 Å². The third-order valence-electron chi connectivity index (χ3n) is 3.91. The molecule has 1 aromatic heterocycles. The molecule has 25 heavy (non-hydrogen) atoms. The lowest BCUT2D eigenvalue weighted by molar-refractivity contribution is -0.490.